The molecular weight excluding hydrogens is 344 g/mol. The Balaban J connectivity index is 2.00. The van der Waals surface area contributed by atoms with Crippen LogP contribution in [-0.2, 0) is 9.59 Å². The van der Waals surface area contributed by atoms with Gasteiger partial charge in [-0.15, -0.1) is 0 Å². The van der Waals surface area contributed by atoms with Gasteiger partial charge in [-0.3, -0.25) is 24.7 Å². The molecule has 9 heteroatoms. The number of aliphatic imine (C=N–C) groups is 1. The number of nitrogens with one attached hydrogen (secondary N) is 2. The van der Waals surface area contributed by atoms with Gasteiger partial charge in [-0.2, -0.15) is 0 Å². The minimum atomic E-state index is -0.588. The van der Waals surface area contributed by atoms with Gasteiger partial charge in [0.2, 0.25) is 11.8 Å². The van der Waals surface area contributed by atoms with Crippen molar-refractivity contribution in [3.63, 3.8) is 0 Å². The molecule has 1 aromatic carbocycles. The third-order valence-electron chi connectivity index (χ3n) is 3.37. The average molecular weight is 364 g/mol. The Kier molecular flexibility index (Phi) is 6.13. The van der Waals surface area contributed by atoms with Crippen molar-refractivity contribution in [1.29, 1.82) is 0 Å². The first kappa shape index (κ1) is 18.9. The van der Waals surface area contributed by atoms with E-state index in [2.05, 4.69) is 15.6 Å². The van der Waals surface area contributed by atoms with Crippen molar-refractivity contribution in [3.05, 3.63) is 33.9 Å². The summed E-state index contributed by atoms with van der Waals surface area (Å²) in [6.45, 7) is 6.36. The molecule has 8 nitrogen and oxygen atoms in total. The molecule has 0 aromatic heterocycles. The molecule has 25 heavy (non-hydrogen) atoms. The van der Waals surface area contributed by atoms with Crippen LogP contribution >= 0.6 is 11.8 Å². The summed E-state index contributed by atoms with van der Waals surface area (Å²) in [6.07, 6.45) is -0.0811. The Bertz CT molecular complexity index is 733. The molecule has 1 fully saturated rings. The Morgan fingerprint density at radius 3 is 2.84 bits per heavy atom. The molecular formula is C16H20N4O4S. The van der Waals surface area contributed by atoms with Crippen LogP contribution in [0.2, 0.25) is 0 Å². The molecule has 0 aliphatic carbocycles. The lowest BCUT2D eigenvalue weighted by Gasteiger charge is -2.08. The molecule has 1 atom stereocenters. The summed E-state index contributed by atoms with van der Waals surface area (Å²) in [7, 11) is 0. The van der Waals surface area contributed by atoms with E-state index in [1.807, 2.05) is 13.8 Å². The summed E-state index contributed by atoms with van der Waals surface area (Å²) in [5, 5.41) is 16.2. The number of nitro benzene ring substituents is 1. The first-order chi connectivity index (χ1) is 11.8. The number of thioether (sulfide) groups is 1. The van der Waals surface area contributed by atoms with Gasteiger partial charge < -0.3 is 10.6 Å². The maximum absolute atomic E-state index is 12.2. The average Bonchev–Trinajstić information content (AvgIpc) is 2.87. The number of nitrogens with zero attached hydrogens (tertiary/aromatic N) is 2. The van der Waals surface area contributed by atoms with Gasteiger partial charge in [-0.05, 0) is 24.5 Å². The first-order valence-corrected chi connectivity index (χ1v) is 8.71. The van der Waals surface area contributed by atoms with E-state index in [9.17, 15) is 19.7 Å². The van der Waals surface area contributed by atoms with Gasteiger partial charge in [0.15, 0.2) is 5.17 Å². The maximum atomic E-state index is 12.2. The fourth-order valence-corrected chi connectivity index (χ4v) is 3.13. The van der Waals surface area contributed by atoms with Crippen LogP contribution < -0.4 is 10.6 Å². The number of hydrogen-bond donors (Lipinski definition) is 2. The number of carbonyl (C=O) groups excluding carboxylic acids is 2. The highest BCUT2D eigenvalue weighted by atomic mass is 32.2. The Hall–Kier alpha value is -2.42. The van der Waals surface area contributed by atoms with Gasteiger partial charge in [-0.1, -0.05) is 31.7 Å². The number of anilines is 1. The lowest BCUT2D eigenvalue weighted by atomic mass is 10.2. The molecule has 1 aromatic rings. The van der Waals surface area contributed by atoms with Crippen LogP contribution in [-0.4, -0.2) is 33.7 Å². The number of rotatable bonds is 6. The van der Waals surface area contributed by atoms with E-state index in [1.54, 1.807) is 13.0 Å². The largest absolute Gasteiger partial charge is 0.320 e. The summed E-state index contributed by atoms with van der Waals surface area (Å²) in [6, 6.07) is 4.56. The van der Waals surface area contributed by atoms with Gasteiger partial charge in [-0.25, -0.2) is 0 Å². The molecule has 0 spiro atoms. The number of amidine groups is 1. The molecule has 1 aliphatic heterocycles. The number of carbonyl (C=O) groups is 2. The topological polar surface area (TPSA) is 114 Å². The highest BCUT2D eigenvalue weighted by molar-refractivity contribution is 8.15. The highest BCUT2D eigenvalue weighted by Crippen LogP contribution is 2.27. The van der Waals surface area contributed by atoms with Crippen molar-refractivity contribution < 1.29 is 14.5 Å². The zero-order chi connectivity index (χ0) is 18.6. The summed E-state index contributed by atoms with van der Waals surface area (Å²) in [4.78, 5) is 39.0. The number of nitro groups is 1. The first-order valence-electron chi connectivity index (χ1n) is 7.83. The van der Waals surface area contributed by atoms with Crippen molar-refractivity contribution in [2.45, 2.75) is 32.4 Å². The number of hydrogen-bond acceptors (Lipinski definition) is 6. The van der Waals surface area contributed by atoms with E-state index >= 15 is 0 Å². The summed E-state index contributed by atoms with van der Waals surface area (Å²) < 4.78 is 0. The minimum Gasteiger partial charge on any atom is -0.320 e. The molecule has 0 saturated carbocycles. The van der Waals surface area contributed by atoms with Crippen LogP contribution in [0.5, 0.6) is 0 Å². The monoisotopic (exact) mass is 364 g/mol. The smallest absolute Gasteiger partial charge is 0.293 e. The standard InChI is InChI=1S/C16H20N4O4S/c1-9(2)8-17-16-19-15(22)13(25-16)7-14(21)18-11-5-4-10(3)6-12(11)20(23)24/h4-6,9,13H,7-8H2,1-3H3,(H,18,21)(H,17,19,22). The molecule has 1 aliphatic rings. The van der Waals surface area contributed by atoms with E-state index < -0.39 is 16.1 Å². The van der Waals surface area contributed by atoms with Crippen molar-refractivity contribution in [1.82, 2.24) is 5.32 Å². The fourth-order valence-electron chi connectivity index (χ4n) is 2.15. The molecule has 2 amide bonds. The molecule has 1 saturated heterocycles. The zero-order valence-electron chi connectivity index (χ0n) is 14.2. The van der Waals surface area contributed by atoms with E-state index in [1.165, 1.54) is 23.9 Å². The molecule has 1 heterocycles. The predicted octanol–water partition coefficient (Wildman–Crippen LogP) is 2.48. The SMILES string of the molecule is Cc1ccc(NC(=O)CC2SC(=NCC(C)C)NC2=O)c([N+](=O)[O-])c1. The highest BCUT2D eigenvalue weighted by Gasteiger charge is 2.32. The van der Waals surface area contributed by atoms with Crippen molar-refractivity contribution in [3.8, 4) is 0 Å². The summed E-state index contributed by atoms with van der Waals surface area (Å²) in [5.74, 6) is -0.361. The third kappa shape index (κ3) is 5.28. The molecule has 0 bridgehead atoms. The summed E-state index contributed by atoms with van der Waals surface area (Å²) >= 11 is 1.21. The van der Waals surface area contributed by atoms with Crippen LogP contribution in [0.3, 0.4) is 0 Å². The van der Waals surface area contributed by atoms with E-state index in [4.69, 9.17) is 0 Å². The van der Waals surface area contributed by atoms with Gasteiger partial charge >= 0.3 is 0 Å². The normalized spacial score (nSPS) is 18.5. The van der Waals surface area contributed by atoms with Crippen LogP contribution in [0.15, 0.2) is 23.2 Å². The Morgan fingerprint density at radius 1 is 1.48 bits per heavy atom. The van der Waals surface area contributed by atoms with E-state index in [0.29, 0.717) is 17.6 Å². The van der Waals surface area contributed by atoms with Gasteiger partial charge in [0.05, 0.1) is 4.92 Å². The van der Waals surface area contributed by atoms with Crippen molar-refractivity contribution in [2.24, 2.45) is 10.9 Å². The second kappa shape index (κ2) is 8.11. The second-order valence-electron chi connectivity index (χ2n) is 6.17. The fraction of sp³-hybridized carbons (Fsp3) is 0.438. The summed E-state index contributed by atoms with van der Waals surface area (Å²) in [5.41, 5.74) is 0.676. The molecule has 134 valence electrons. The quantitative estimate of drug-likeness (QED) is 0.594. The van der Waals surface area contributed by atoms with Crippen LogP contribution in [0.4, 0.5) is 11.4 Å². The van der Waals surface area contributed by atoms with Gasteiger partial charge in [0, 0.05) is 19.0 Å². The van der Waals surface area contributed by atoms with Gasteiger partial charge in [0.25, 0.3) is 5.69 Å². The Morgan fingerprint density at radius 2 is 2.20 bits per heavy atom. The second-order valence-corrected chi connectivity index (χ2v) is 7.36. The maximum Gasteiger partial charge on any atom is 0.293 e. The Labute approximate surface area is 149 Å². The molecule has 2 N–H and O–H groups in total. The van der Waals surface area contributed by atoms with Crippen LogP contribution in [0.25, 0.3) is 0 Å². The molecule has 2 rings (SSSR count). The third-order valence-corrected chi connectivity index (χ3v) is 4.49. The van der Waals surface area contributed by atoms with Gasteiger partial charge in [0.1, 0.15) is 10.9 Å². The molecule has 1 unspecified atom stereocenters. The lowest BCUT2D eigenvalue weighted by molar-refractivity contribution is -0.384. The minimum absolute atomic E-state index is 0.0811. The van der Waals surface area contributed by atoms with E-state index in [0.717, 1.165) is 5.56 Å². The lowest BCUT2D eigenvalue weighted by Crippen LogP contribution is -2.28. The van der Waals surface area contributed by atoms with Crippen molar-refractivity contribution in [2.75, 3.05) is 11.9 Å². The van der Waals surface area contributed by atoms with Crippen molar-refractivity contribution >= 4 is 40.1 Å². The zero-order valence-corrected chi connectivity index (χ0v) is 15.1. The van der Waals surface area contributed by atoms with E-state index in [-0.39, 0.29) is 23.7 Å². The predicted molar refractivity (Wildman–Crippen MR) is 97.7 cm³/mol. The number of benzene rings is 1. The van der Waals surface area contributed by atoms with Crippen LogP contribution in [0.1, 0.15) is 25.8 Å². The number of amides is 2. The number of aryl methyl sites for hydroxylation is 1. The van der Waals surface area contributed by atoms with Crippen LogP contribution in [0, 0.1) is 23.0 Å². The molecule has 0 radical (unpaired) electrons.